The van der Waals surface area contributed by atoms with E-state index in [-0.39, 0.29) is 23.7 Å². The molecule has 0 bridgehead atoms. The molecule has 1 atom stereocenters. The molecule has 2 heterocycles. The second-order valence-corrected chi connectivity index (χ2v) is 8.42. The predicted octanol–water partition coefficient (Wildman–Crippen LogP) is 5.47. The number of aliphatic hydroxyl groups is 1. The lowest BCUT2D eigenvalue weighted by Gasteiger charge is -2.25. The van der Waals surface area contributed by atoms with Gasteiger partial charge in [-0.1, -0.05) is 35.9 Å². The van der Waals surface area contributed by atoms with E-state index in [1.807, 2.05) is 18.4 Å². The maximum atomic E-state index is 13.3. The normalized spacial score (nSPS) is 18.2. The number of halogens is 2. The molecule has 4 nitrogen and oxygen atoms in total. The summed E-state index contributed by atoms with van der Waals surface area (Å²) >= 11 is 7.46. The van der Waals surface area contributed by atoms with Crippen molar-refractivity contribution in [2.24, 2.45) is 0 Å². The Labute approximate surface area is 181 Å². The first-order chi connectivity index (χ1) is 14.4. The van der Waals surface area contributed by atoms with E-state index in [9.17, 15) is 19.1 Å². The Kier molecular flexibility index (Phi) is 5.45. The molecule has 4 rings (SSSR count). The lowest BCUT2D eigenvalue weighted by atomic mass is 9.98. The van der Waals surface area contributed by atoms with Crippen LogP contribution in [-0.4, -0.2) is 21.7 Å². The molecule has 1 aromatic heterocycles. The van der Waals surface area contributed by atoms with Crippen LogP contribution in [0.15, 0.2) is 65.6 Å². The maximum Gasteiger partial charge on any atom is 0.295 e. The number of aliphatic hydroxyl groups excluding tert-OH is 1. The van der Waals surface area contributed by atoms with Gasteiger partial charge in [0, 0.05) is 22.0 Å². The summed E-state index contributed by atoms with van der Waals surface area (Å²) in [6.07, 6.45) is 0. The SMILES string of the molecule is Cc1ccsc1C1/C(=C(/O)c2cccc(Cl)c2)C(=O)C(=O)N1Cc1ccc(F)cc1. The van der Waals surface area contributed by atoms with Gasteiger partial charge in [0.15, 0.2) is 0 Å². The molecule has 1 saturated heterocycles. The van der Waals surface area contributed by atoms with E-state index in [1.165, 1.54) is 28.4 Å². The second kappa shape index (κ2) is 8.05. The lowest BCUT2D eigenvalue weighted by molar-refractivity contribution is -0.140. The molecule has 0 saturated carbocycles. The van der Waals surface area contributed by atoms with Crippen molar-refractivity contribution in [1.29, 1.82) is 0 Å². The molecule has 1 aliphatic heterocycles. The molecule has 1 fully saturated rings. The second-order valence-electron chi connectivity index (χ2n) is 7.03. The van der Waals surface area contributed by atoms with Crippen molar-refractivity contribution in [1.82, 2.24) is 4.90 Å². The molecular formula is C23H17ClFNO3S. The molecule has 30 heavy (non-hydrogen) atoms. The van der Waals surface area contributed by atoms with Gasteiger partial charge in [0.1, 0.15) is 17.6 Å². The summed E-state index contributed by atoms with van der Waals surface area (Å²) in [5.41, 5.74) is 1.98. The number of hydrogen-bond donors (Lipinski definition) is 1. The Bertz CT molecular complexity index is 1170. The highest BCUT2D eigenvalue weighted by molar-refractivity contribution is 7.10. The van der Waals surface area contributed by atoms with Gasteiger partial charge < -0.3 is 10.0 Å². The van der Waals surface area contributed by atoms with Crippen LogP contribution in [0.2, 0.25) is 5.02 Å². The minimum absolute atomic E-state index is 0.0231. The van der Waals surface area contributed by atoms with Gasteiger partial charge in [-0.15, -0.1) is 11.3 Å². The zero-order chi connectivity index (χ0) is 21.4. The number of Topliss-reactive ketones (excluding diaryl/α,β-unsaturated/α-hetero) is 1. The fraction of sp³-hybridized carbons (Fsp3) is 0.130. The molecule has 7 heteroatoms. The van der Waals surface area contributed by atoms with E-state index in [0.717, 1.165) is 10.4 Å². The van der Waals surface area contributed by atoms with E-state index in [1.54, 1.807) is 36.4 Å². The fourth-order valence-corrected chi connectivity index (χ4v) is 4.80. The highest BCUT2D eigenvalue weighted by Gasteiger charge is 2.47. The monoisotopic (exact) mass is 441 g/mol. The summed E-state index contributed by atoms with van der Waals surface area (Å²) in [6.45, 7) is 2.00. The van der Waals surface area contributed by atoms with E-state index in [0.29, 0.717) is 16.1 Å². The van der Waals surface area contributed by atoms with Gasteiger partial charge in [-0.3, -0.25) is 9.59 Å². The number of carbonyl (C=O) groups is 2. The largest absolute Gasteiger partial charge is 0.507 e. The van der Waals surface area contributed by atoms with Crippen molar-refractivity contribution in [2.45, 2.75) is 19.5 Å². The molecule has 1 unspecified atom stereocenters. The van der Waals surface area contributed by atoms with Gasteiger partial charge in [-0.25, -0.2) is 4.39 Å². The third-order valence-corrected chi connectivity index (χ3v) is 6.36. The number of thiophene rings is 1. The topological polar surface area (TPSA) is 57.6 Å². The Morgan fingerprint density at radius 2 is 1.90 bits per heavy atom. The van der Waals surface area contributed by atoms with Gasteiger partial charge in [0.2, 0.25) is 0 Å². The van der Waals surface area contributed by atoms with Crippen molar-refractivity contribution in [3.63, 3.8) is 0 Å². The van der Waals surface area contributed by atoms with Gasteiger partial charge in [0.25, 0.3) is 11.7 Å². The molecule has 0 aliphatic carbocycles. The molecular weight excluding hydrogens is 425 g/mol. The summed E-state index contributed by atoms with van der Waals surface area (Å²) in [7, 11) is 0. The highest BCUT2D eigenvalue weighted by atomic mass is 35.5. The minimum atomic E-state index is -0.757. The summed E-state index contributed by atoms with van der Waals surface area (Å²) in [5.74, 6) is -2.12. The van der Waals surface area contributed by atoms with E-state index in [4.69, 9.17) is 11.6 Å². The van der Waals surface area contributed by atoms with Crippen molar-refractivity contribution < 1.29 is 19.1 Å². The first-order valence-corrected chi connectivity index (χ1v) is 10.5. The lowest BCUT2D eigenvalue weighted by Crippen LogP contribution is -2.29. The Balaban J connectivity index is 1.86. The fourth-order valence-electron chi connectivity index (χ4n) is 3.56. The molecule has 1 aliphatic rings. The number of nitrogens with zero attached hydrogens (tertiary/aromatic N) is 1. The number of amides is 1. The van der Waals surface area contributed by atoms with Crippen LogP contribution >= 0.6 is 22.9 Å². The summed E-state index contributed by atoms with van der Waals surface area (Å²) in [6, 6.07) is 13.4. The quantitative estimate of drug-likeness (QED) is 0.332. The van der Waals surface area contributed by atoms with Crippen molar-refractivity contribution in [2.75, 3.05) is 0 Å². The Hall–Kier alpha value is -2.96. The zero-order valence-corrected chi connectivity index (χ0v) is 17.5. The number of aryl methyl sites for hydroxylation is 1. The van der Waals surface area contributed by atoms with E-state index < -0.39 is 17.7 Å². The third kappa shape index (κ3) is 3.64. The standard InChI is InChI=1S/C23H17ClFNO3S/c1-13-9-10-30-22(13)19-18(20(27)15-3-2-4-16(24)11-15)21(28)23(29)26(19)12-14-5-7-17(25)8-6-14/h2-11,19,27H,12H2,1H3/b20-18-. The smallest absolute Gasteiger partial charge is 0.295 e. The third-order valence-electron chi connectivity index (χ3n) is 5.05. The molecule has 3 aromatic rings. The molecule has 0 spiro atoms. The van der Waals surface area contributed by atoms with Crippen LogP contribution in [0.4, 0.5) is 4.39 Å². The number of benzene rings is 2. The van der Waals surface area contributed by atoms with Crippen LogP contribution in [0.1, 0.15) is 27.6 Å². The average molecular weight is 442 g/mol. The van der Waals surface area contributed by atoms with Crippen LogP contribution in [0.3, 0.4) is 0 Å². The molecule has 1 amide bonds. The Morgan fingerprint density at radius 1 is 1.17 bits per heavy atom. The van der Waals surface area contributed by atoms with Crippen LogP contribution in [-0.2, 0) is 16.1 Å². The number of carbonyl (C=O) groups excluding carboxylic acids is 2. The number of rotatable bonds is 4. The van der Waals surface area contributed by atoms with Crippen molar-refractivity contribution in [3.05, 3.63) is 98.0 Å². The summed E-state index contributed by atoms with van der Waals surface area (Å²) in [4.78, 5) is 28.1. The van der Waals surface area contributed by atoms with Crippen LogP contribution < -0.4 is 0 Å². The minimum Gasteiger partial charge on any atom is -0.507 e. The molecule has 1 N–H and O–H groups in total. The van der Waals surface area contributed by atoms with Gasteiger partial charge >= 0.3 is 0 Å². The maximum absolute atomic E-state index is 13.3. The highest BCUT2D eigenvalue weighted by Crippen LogP contribution is 2.43. The van der Waals surface area contributed by atoms with Crippen molar-refractivity contribution in [3.8, 4) is 0 Å². The summed E-state index contributed by atoms with van der Waals surface area (Å²) in [5, 5.41) is 13.3. The van der Waals surface area contributed by atoms with Crippen LogP contribution in [0.25, 0.3) is 5.76 Å². The average Bonchev–Trinajstić information content (AvgIpc) is 3.25. The predicted molar refractivity (Wildman–Crippen MR) is 115 cm³/mol. The Morgan fingerprint density at radius 3 is 2.53 bits per heavy atom. The van der Waals surface area contributed by atoms with Gasteiger partial charge in [-0.2, -0.15) is 0 Å². The molecule has 2 aromatic carbocycles. The number of likely N-dealkylation sites (tertiary alicyclic amines) is 1. The molecule has 152 valence electrons. The van der Waals surface area contributed by atoms with Crippen LogP contribution in [0, 0.1) is 12.7 Å². The first kappa shape index (κ1) is 20.3. The summed E-state index contributed by atoms with van der Waals surface area (Å²) < 4.78 is 13.3. The zero-order valence-electron chi connectivity index (χ0n) is 15.9. The van der Waals surface area contributed by atoms with Crippen LogP contribution in [0.5, 0.6) is 0 Å². The number of hydrogen-bond acceptors (Lipinski definition) is 4. The molecule has 0 radical (unpaired) electrons. The number of ketones is 1. The van der Waals surface area contributed by atoms with Gasteiger partial charge in [-0.05, 0) is 53.8 Å². The van der Waals surface area contributed by atoms with E-state index in [2.05, 4.69) is 0 Å². The first-order valence-electron chi connectivity index (χ1n) is 9.19. The van der Waals surface area contributed by atoms with Gasteiger partial charge in [0.05, 0.1) is 5.57 Å². The van der Waals surface area contributed by atoms with E-state index >= 15 is 0 Å². The van der Waals surface area contributed by atoms with Crippen molar-refractivity contribution >= 4 is 40.4 Å².